The summed E-state index contributed by atoms with van der Waals surface area (Å²) < 4.78 is 2.01. The van der Waals surface area contributed by atoms with Crippen molar-refractivity contribution in [1.82, 2.24) is 14.7 Å². The highest BCUT2D eigenvalue weighted by molar-refractivity contribution is 5.94. The summed E-state index contributed by atoms with van der Waals surface area (Å²) in [5.41, 5.74) is 5.03. The van der Waals surface area contributed by atoms with Crippen molar-refractivity contribution in [3.8, 4) is 5.69 Å². The van der Waals surface area contributed by atoms with Crippen molar-refractivity contribution in [2.24, 2.45) is 0 Å². The van der Waals surface area contributed by atoms with Crippen LogP contribution >= 0.6 is 0 Å². The fraction of sp³-hybridized carbons (Fsp3) is 0.407. The lowest BCUT2D eigenvalue weighted by molar-refractivity contribution is 0.0671. The van der Waals surface area contributed by atoms with Gasteiger partial charge in [-0.05, 0) is 50.5 Å². The molecular formula is C27H36N4O. The Morgan fingerprint density at radius 1 is 1.00 bits per heavy atom. The van der Waals surface area contributed by atoms with Crippen LogP contribution in [-0.2, 0) is 6.54 Å². The summed E-state index contributed by atoms with van der Waals surface area (Å²) in [7, 11) is 4.08. The molecule has 0 bridgehead atoms. The molecule has 170 valence electrons. The number of aryl methyl sites for hydroxylation is 1. The van der Waals surface area contributed by atoms with E-state index in [1.54, 1.807) is 0 Å². The molecule has 1 atom stereocenters. The molecule has 0 spiro atoms. The van der Waals surface area contributed by atoms with Gasteiger partial charge in [0.2, 0.25) is 0 Å². The monoisotopic (exact) mass is 432 g/mol. The Balaban J connectivity index is 2.12. The molecule has 0 aliphatic heterocycles. The maximum Gasteiger partial charge on any atom is 0.254 e. The number of carbonyl (C=O) groups is 1. The quantitative estimate of drug-likeness (QED) is 0.451. The maximum atomic E-state index is 13.6. The van der Waals surface area contributed by atoms with E-state index < -0.39 is 0 Å². The highest BCUT2D eigenvalue weighted by atomic mass is 16.2. The van der Waals surface area contributed by atoms with Gasteiger partial charge in [0.1, 0.15) is 5.82 Å². The molecule has 1 heterocycles. The standard InChI is InChI=1S/C27H36N4O/c1-8-21(5)30(27(32)22-16-14-20(4)15-17-22)18-24-25(19(2)3)28-31(26(24)29(6)7)23-12-10-9-11-13-23/h9-17,19,21H,8,18H2,1-7H3/t21-/m0/s1. The zero-order valence-corrected chi connectivity index (χ0v) is 20.5. The number of carbonyl (C=O) groups excluding carboxylic acids is 1. The summed E-state index contributed by atoms with van der Waals surface area (Å²) in [5, 5.41) is 5.02. The van der Waals surface area contributed by atoms with E-state index in [0.717, 1.165) is 40.3 Å². The van der Waals surface area contributed by atoms with Gasteiger partial charge in [-0.2, -0.15) is 5.10 Å². The summed E-state index contributed by atoms with van der Waals surface area (Å²) >= 11 is 0. The van der Waals surface area contributed by atoms with Crippen LogP contribution in [0.5, 0.6) is 0 Å². The number of hydrogen-bond acceptors (Lipinski definition) is 3. The average Bonchev–Trinajstić information content (AvgIpc) is 3.17. The predicted octanol–water partition coefficient (Wildman–Crippen LogP) is 5.81. The van der Waals surface area contributed by atoms with Gasteiger partial charge in [-0.1, -0.05) is 56.7 Å². The van der Waals surface area contributed by atoms with Gasteiger partial charge in [0.05, 0.1) is 17.9 Å². The lowest BCUT2D eigenvalue weighted by atomic mass is 10.0. The molecule has 32 heavy (non-hydrogen) atoms. The lowest BCUT2D eigenvalue weighted by Crippen LogP contribution is -2.38. The van der Waals surface area contributed by atoms with E-state index in [1.165, 1.54) is 0 Å². The molecule has 5 heteroatoms. The van der Waals surface area contributed by atoms with Crippen molar-refractivity contribution in [2.75, 3.05) is 19.0 Å². The number of amides is 1. The molecular weight excluding hydrogens is 396 g/mol. The number of rotatable bonds is 8. The summed E-state index contributed by atoms with van der Waals surface area (Å²) in [5.74, 6) is 1.32. The van der Waals surface area contributed by atoms with E-state index in [1.807, 2.05) is 73.1 Å². The maximum absolute atomic E-state index is 13.6. The first kappa shape index (κ1) is 23.6. The highest BCUT2D eigenvalue weighted by Gasteiger charge is 2.28. The normalized spacial score (nSPS) is 12.1. The number of aromatic nitrogens is 2. The summed E-state index contributed by atoms with van der Waals surface area (Å²) in [6.45, 7) is 11.1. The molecule has 0 unspecified atom stereocenters. The van der Waals surface area contributed by atoms with E-state index in [9.17, 15) is 4.79 Å². The molecule has 1 aromatic heterocycles. The van der Waals surface area contributed by atoms with Crippen LogP contribution in [0.1, 0.15) is 67.2 Å². The summed E-state index contributed by atoms with van der Waals surface area (Å²) in [4.78, 5) is 17.7. The molecule has 0 aliphatic carbocycles. The van der Waals surface area contributed by atoms with Crippen molar-refractivity contribution < 1.29 is 4.79 Å². The molecule has 2 aromatic carbocycles. The van der Waals surface area contributed by atoms with Crippen molar-refractivity contribution >= 4 is 11.7 Å². The number of nitrogens with zero attached hydrogens (tertiary/aromatic N) is 4. The van der Waals surface area contributed by atoms with Crippen LogP contribution in [0.2, 0.25) is 0 Å². The topological polar surface area (TPSA) is 41.4 Å². The van der Waals surface area contributed by atoms with Crippen molar-refractivity contribution in [1.29, 1.82) is 0 Å². The largest absolute Gasteiger partial charge is 0.362 e. The predicted molar refractivity (Wildman–Crippen MR) is 133 cm³/mol. The molecule has 0 aliphatic rings. The Morgan fingerprint density at radius 2 is 1.62 bits per heavy atom. The summed E-state index contributed by atoms with van der Waals surface area (Å²) in [6, 6.07) is 18.2. The van der Waals surface area contributed by atoms with Crippen molar-refractivity contribution in [2.45, 2.75) is 59.5 Å². The third-order valence-corrected chi connectivity index (χ3v) is 5.97. The zero-order valence-electron chi connectivity index (χ0n) is 20.5. The molecule has 0 N–H and O–H groups in total. The Morgan fingerprint density at radius 3 is 2.16 bits per heavy atom. The molecule has 0 fully saturated rings. The lowest BCUT2D eigenvalue weighted by Gasteiger charge is -2.30. The second kappa shape index (κ2) is 10.0. The Labute approximate surface area is 192 Å². The van der Waals surface area contributed by atoms with Crippen LogP contribution in [0.25, 0.3) is 5.69 Å². The van der Waals surface area contributed by atoms with Gasteiger partial charge in [-0.25, -0.2) is 4.68 Å². The minimum atomic E-state index is 0.0613. The zero-order chi connectivity index (χ0) is 23.4. The van der Waals surface area contributed by atoms with E-state index in [2.05, 4.69) is 44.7 Å². The van der Waals surface area contributed by atoms with Crippen LogP contribution in [-0.4, -0.2) is 40.7 Å². The van der Waals surface area contributed by atoms with Crippen LogP contribution in [0, 0.1) is 6.92 Å². The fourth-order valence-corrected chi connectivity index (χ4v) is 3.96. The van der Waals surface area contributed by atoms with Crippen LogP contribution in [0.4, 0.5) is 5.82 Å². The number of anilines is 1. The molecule has 0 radical (unpaired) electrons. The third kappa shape index (κ3) is 4.87. The van der Waals surface area contributed by atoms with Gasteiger partial charge in [0, 0.05) is 31.3 Å². The third-order valence-electron chi connectivity index (χ3n) is 5.97. The van der Waals surface area contributed by atoms with Gasteiger partial charge in [0.25, 0.3) is 5.91 Å². The molecule has 1 amide bonds. The van der Waals surface area contributed by atoms with E-state index >= 15 is 0 Å². The first-order valence-corrected chi connectivity index (χ1v) is 11.5. The van der Waals surface area contributed by atoms with E-state index in [-0.39, 0.29) is 17.9 Å². The SMILES string of the molecule is CC[C@H](C)N(Cc1c(C(C)C)nn(-c2ccccc2)c1N(C)C)C(=O)c1ccc(C)cc1. The number of para-hydroxylation sites is 1. The van der Waals surface area contributed by atoms with E-state index in [0.29, 0.717) is 6.54 Å². The number of benzene rings is 2. The highest BCUT2D eigenvalue weighted by Crippen LogP contribution is 2.32. The first-order valence-electron chi connectivity index (χ1n) is 11.5. The van der Waals surface area contributed by atoms with Crippen molar-refractivity contribution in [3.05, 3.63) is 77.0 Å². The Kier molecular flexibility index (Phi) is 7.39. The second-order valence-electron chi connectivity index (χ2n) is 9.04. The van der Waals surface area contributed by atoms with Crippen molar-refractivity contribution in [3.63, 3.8) is 0 Å². The molecule has 0 saturated carbocycles. The molecule has 5 nitrogen and oxygen atoms in total. The Hall–Kier alpha value is -3.08. The minimum Gasteiger partial charge on any atom is -0.362 e. The molecule has 3 aromatic rings. The van der Waals surface area contributed by atoms with Crippen LogP contribution in [0.15, 0.2) is 54.6 Å². The Bertz CT molecular complexity index is 1040. The smallest absolute Gasteiger partial charge is 0.254 e. The van der Waals surface area contributed by atoms with Crippen LogP contribution < -0.4 is 4.90 Å². The average molecular weight is 433 g/mol. The van der Waals surface area contributed by atoms with E-state index in [4.69, 9.17) is 5.10 Å². The molecule has 0 saturated heterocycles. The summed E-state index contributed by atoms with van der Waals surface area (Å²) in [6.07, 6.45) is 0.888. The minimum absolute atomic E-state index is 0.0613. The van der Waals surface area contributed by atoms with Gasteiger partial charge in [0.15, 0.2) is 0 Å². The first-order chi connectivity index (χ1) is 15.2. The van der Waals surface area contributed by atoms with Crippen LogP contribution in [0.3, 0.4) is 0 Å². The van der Waals surface area contributed by atoms with Gasteiger partial charge >= 0.3 is 0 Å². The van der Waals surface area contributed by atoms with Gasteiger partial charge < -0.3 is 9.80 Å². The molecule has 3 rings (SSSR count). The van der Waals surface area contributed by atoms with Gasteiger partial charge in [-0.3, -0.25) is 4.79 Å². The van der Waals surface area contributed by atoms with Gasteiger partial charge in [-0.15, -0.1) is 0 Å². The second-order valence-corrected chi connectivity index (χ2v) is 9.04. The number of hydrogen-bond donors (Lipinski definition) is 0. The fourth-order valence-electron chi connectivity index (χ4n) is 3.96.